The van der Waals surface area contributed by atoms with Crippen LogP contribution in [0.3, 0.4) is 0 Å². The van der Waals surface area contributed by atoms with Gasteiger partial charge in [-0.3, -0.25) is 19.8 Å². The number of fused-ring (bicyclic) bond motifs is 1. The van der Waals surface area contributed by atoms with Gasteiger partial charge in [-0.25, -0.2) is 9.59 Å². The number of aliphatic imine (C=N–C) groups is 1. The average molecular weight is 400 g/mol. The third kappa shape index (κ3) is 3.40. The summed E-state index contributed by atoms with van der Waals surface area (Å²) in [5.74, 6) is -0.779. The number of ether oxygens (including phenoxy) is 2. The Morgan fingerprint density at radius 3 is 2.66 bits per heavy atom. The maximum Gasteiger partial charge on any atom is 0.340 e. The predicted molar refractivity (Wildman–Crippen MR) is 107 cm³/mol. The molecular weight excluding hydrogens is 380 g/mol. The summed E-state index contributed by atoms with van der Waals surface area (Å²) in [6.45, 7) is 3.70. The number of H-pyrrole nitrogens is 2. The van der Waals surface area contributed by atoms with E-state index in [1.165, 1.54) is 7.11 Å². The van der Waals surface area contributed by atoms with Gasteiger partial charge in [0.05, 0.1) is 24.8 Å². The number of carbonyl (C=O) groups is 1. The van der Waals surface area contributed by atoms with E-state index in [0.717, 1.165) is 6.21 Å². The van der Waals surface area contributed by atoms with Crippen LogP contribution in [-0.2, 0) is 11.8 Å². The van der Waals surface area contributed by atoms with Crippen LogP contribution < -0.4 is 16.0 Å². The zero-order valence-corrected chi connectivity index (χ0v) is 16.3. The van der Waals surface area contributed by atoms with Crippen molar-refractivity contribution in [2.24, 2.45) is 12.0 Å². The summed E-state index contributed by atoms with van der Waals surface area (Å²) in [7, 11) is 3.25. The van der Waals surface area contributed by atoms with Crippen molar-refractivity contribution in [3.8, 4) is 11.6 Å². The fourth-order valence-electron chi connectivity index (χ4n) is 3.10. The Morgan fingerprint density at radius 1 is 1.31 bits per heavy atom. The summed E-state index contributed by atoms with van der Waals surface area (Å²) in [5, 5.41) is 10.4. The highest BCUT2D eigenvalue weighted by Gasteiger charge is 2.24. The van der Waals surface area contributed by atoms with Crippen LogP contribution in [0.2, 0.25) is 0 Å². The first-order chi connectivity index (χ1) is 13.8. The Balaban J connectivity index is 2.32. The molecule has 0 saturated carbocycles. The highest BCUT2D eigenvalue weighted by molar-refractivity contribution is 6.12. The van der Waals surface area contributed by atoms with Crippen LogP contribution in [0.25, 0.3) is 10.9 Å². The van der Waals surface area contributed by atoms with E-state index >= 15 is 0 Å². The van der Waals surface area contributed by atoms with Crippen molar-refractivity contribution in [3.05, 3.63) is 49.8 Å². The molecule has 0 fully saturated rings. The number of rotatable bonds is 5. The lowest BCUT2D eigenvalue weighted by molar-refractivity contribution is 0.0527. The second kappa shape index (κ2) is 7.66. The molecule has 3 N–H and O–H groups in total. The summed E-state index contributed by atoms with van der Waals surface area (Å²) < 4.78 is 12.4. The van der Waals surface area contributed by atoms with Gasteiger partial charge in [-0.15, -0.1) is 0 Å². The number of nitrogens with one attached hydrogen (secondary N) is 2. The van der Waals surface area contributed by atoms with E-state index in [2.05, 4.69) is 9.98 Å². The predicted octanol–water partition coefficient (Wildman–Crippen LogP) is 1.50. The van der Waals surface area contributed by atoms with Crippen LogP contribution in [0, 0.1) is 6.92 Å². The standard InChI is InChI=1S/C19H20N4O6/c1-5-29-18(26)13-9(2)23(3)11-6-7-12(28-4)15(14(11)13)20-8-10-16(24)21-19(27)22-17(10)25/h6-8H,5H2,1-4H3,(H3,21,22,24,25,27). The van der Waals surface area contributed by atoms with E-state index in [-0.39, 0.29) is 17.9 Å². The second-order valence-corrected chi connectivity index (χ2v) is 6.18. The molecule has 0 saturated heterocycles. The second-order valence-electron chi connectivity index (χ2n) is 6.18. The molecule has 10 heteroatoms. The number of benzene rings is 1. The van der Waals surface area contributed by atoms with E-state index in [0.29, 0.717) is 27.9 Å². The minimum atomic E-state index is -0.840. The van der Waals surface area contributed by atoms with Gasteiger partial charge in [-0.05, 0) is 26.0 Å². The lowest BCUT2D eigenvalue weighted by atomic mass is 10.1. The number of aryl methyl sites for hydroxylation is 1. The number of esters is 1. The Hall–Kier alpha value is -3.82. The molecule has 0 bridgehead atoms. The first-order valence-electron chi connectivity index (χ1n) is 8.72. The van der Waals surface area contributed by atoms with Crippen LogP contribution in [0.15, 0.2) is 26.7 Å². The number of carbonyl (C=O) groups excluding carboxylic acids is 1. The van der Waals surface area contributed by atoms with Gasteiger partial charge >= 0.3 is 11.7 Å². The molecule has 1 aromatic carbocycles. The van der Waals surface area contributed by atoms with E-state index in [9.17, 15) is 19.5 Å². The van der Waals surface area contributed by atoms with Crippen LogP contribution >= 0.6 is 0 Å². The largest absolute Gasteiger partial charge is 0.494 e. The quantitative estimate of drug-likeness (QED) is 0.438. The fraction of sp³-hybridized carbons (Fsp3) is 0.263. The summed E-state index contributed by atoms with van der Waals surface area (Å²) in [5.41, 5.74) is 0.0975. The van der Waals surface area contributed by atoms with E-state index in [1.807, 2.05) is 9.55 Å². The number of hydrogen-bond donors (Lipinski definition) is 3. The van der Waals surface area contributed by atoms with Gasteiger partial charge in [0.15, 0.2) is 0 Å². The first kappa shape index (κ1) is 19.9. The smallest absolute Gasteiger partial charge is 0.340 e. The third-order valence-corrected chi connectivity index (χ3v) is 4.58. The molecule has 0 unspecified atom stereocenters. The molecule has 0 radical (unpaired) electrons. The van der Waals surface area contributed by atoms with Gasteiger partial charge in [0, 0.05) is 24.3 Å². The highest BCUT2D eigenvalue weighted by Crippen LogP contribution is 2.40. The Kier molecular flexibility index (Phi) is 5.26. The van der Waals surface area contributed by atoms with Crippen molar-refractivity contribution in [1.82, 2.24) is 14.5 Å². The molecule has 10 nitrogen and oxygen atoms in total. The highest BCUT2D eigenvalue weighted by atomic mass is 16.5. The van der Waals surface area contributed by atoms with Crippen molar-refractivity contribution in [3.63, 3.8) is 0 Å². The van der Waals surface area contributed by atoms with E-state index < -0.39 is 23.1 Å². The number of nitrogens with zero attached hydrogens (tertiary/aromatic N) is 2. The topological polar surface area (TPSA) is 139 Å². The zero-order chi connectivity index (χ0) is 21.3. The maximum absolute atomic E-state index is 12.6. The molecule has 2 aromatic heterocycles. The van der Waals surface area contributed by atoms with Crippen molar-refractivity contribution in [2.45, 2.75) is 13.8 Å². The minimum absolute atomic E-state index is 0.206. The lowest BCUT2D eigenvalue weighted by Crippen LogP contribution is -2.24. The fourth-order valence-corrected chi connectivity index (χ4v) is 3.10. The van der Waals surface area contributed by atoms with Crippen molar-refractivity contribution >= 4 is 28.8 Å². The van der Waals surface area contributed by atoms with Gasteiger partial charge in [0.2, 0.25) is 5.88 Å². The van der Waals surface area contributed by atoms with Crippen molar-refractivity contribution in [2.75, 3.05) is 13.7 Å². The van der Waals surface area contributed by atoms with Crippen molar-refractivity contribution < 1.29 is 19.4 Å². The molecule has 152 valence electrons. The maximum atomic E-state index is 12.6. The van der Waals surface area contributed by atoms with Crippen molar-refractivity contribution in [1.29, 1.82) is 0 Å². The molecule has 0 amide bonds. The van der Waals surface area contributed by atoms with E-state index in [4.69, 9.17) is 9.47 Å². The van der Waals surface area contributed by atoms with Crippen LogP contribution in [0.1, 0.15) is 28.5 Å². The lowest BCUT2D eigenvalue weighted by Gasteiger charge is -2.08. The number of hydrogen-bond acceptors (Lipinski definition) is 7. The summed E-state index contributed by atoms with van der Waals surface area (Å²) in [6.07, 6.45) is 1.10. The van der Waals surface area contributed by atoms with Crippen LogP contribution in [0.5, 0.6) is 11.6 Å². The Bertz CT molecular complexity index is 1250. The van der Waals surface area contributed by atoms with Crippen LogP contribution in [0.4, 0.5) is 5.69 Å². The number of aromatic hydroxyl groups is 1. The van der Waals surface area contributed by atoms with Crippen LogP contribution in [-0.4, -0.2) is 45.5 Å². The molecule has 3 rings (SSSR count). The number of aromatic nitrogens is 3. The monoisotopic (exact) mass is 400 g/mol. The average Bonchev–Trinajstić information content (AvgIpc) is 2.92. The molecule has 0 aliphatic rings. The van der Waals surface area contributed by atoms with E-state index in [1.54, 1.807) is 33.0 Å². The number of aromatic amines is 2. The molecule has 0 aliphatic carbocycles. The van der Waals surface area contributed by atoms with Gasteiger partial charge < -0.3 is 19.1 Å². The van der Waals surface area contributed by atoms with Gasteiger partial charge in [0.25, 0.3) is 5.56 Å². The van der Waals surface area contributed by atoms with Gasteiger partial charge in [0.1, 0.15) is 17.0 Å². The molecule has 0 aliphatic heterocycles. The molecule has 3 aromatic rings. The number of methoxy groups -OCH3 is 1. The summed E-state index contributed by atoms with van der Waals surface area (Å²) in [6, 6.07) is 3.47. The summed E-state index contributed by atoms with van der Waals surface area (Å²) >= 11 is 0. The van der Waals surface area contributed by atoms with Gasteiger partial charge in [-0.2, -0.15) is 0 Å². The molecule has 0 atom stereocenters. The molecule has 0 spiro atoms. The minimum Gasteiger partial charge on any atom is -0.494 e. The third-order valence-electron chi connectivity index (χ3n) is 4.58. The Morgan fingerprint density at radius 2 is 2.03 bits per heavy atom. The van der Waals surface area contributed by atoms with Gasteiger partial charge in [-0.1, -0.05) is 0 Å². The summed E-state index contributed by atoms with van der Waals surface area (Å²) in [4.78, 5) is 44.2. The zero-order valence-electron chi connectivity index (χ0n) is 16.3. The molecule has 29 heavy (non-hydrogen) atoms. The molecule has 2 heterocycles. The Labute approximate surface area is 164 Å². The normalized spacial score (nSPS) is 11.3. The molecular formula is C19H20N4O6. The SMILES string of the molecule is CCOC(=O)c1c(C)n(C)c2ccc(OC)c(N=Cc3c(O)[nH]c(=O)[nH]c3=O)c12. The first-order valence-corrected chi connectivity index (χ1v) is 8.72.